The predicted octanol–water partition coefficient (Wildman–Crippen LogP) is -5.74. The van der Waals surface area contributed by atoms with Crippen LogP contribution >= 0.6 is 0 Å². The Morgan fingerprint density at radius 1 is 1.03 bits per heavy atom. The molecule has 0 aromatic carbocycles. The number of ketones is 1. The quantitative estimate of drug-likeness (QED) is 0.185. The number of carboxylic acids is 1. The van der Waals surface area contributed by atoms with Gasteiger partial charge in [0.1, 0.15) is 42.7 Å². The molecule has 0 amide bonds. The Morgan fingerprint density at radius 2 is 1.59 bits per heavy atom. The number of aliphatic hydroxyl groups is 8. The van der Waals surface area contributed by atoms with Crippen molar-refractivity contribution < 1.29 is 69.8 Å². The number of aliphatic hydroxyl groups excluding tert-OH is 7. The Labute approximate surface area is 164 Å². The Bertz CT molecular complexity index is 543. The maximum absolute atomic E-state index is 10.1. The van der Waals surface area contributed by atoms with Gasteiger partial charge in [-0.25, -0.2) is 4.79 Å². The number of rotatable bonds is 5. The van der Waals surface area contributed by atoms with Gasteiger partial charge in [0.15, 0.2) is 6.29 Å². The van der Waals surface area contributed by atoms with Crippen LogP contribution in [0.1, 0.15) is 6.92 Å². The maximum Gasteiger partial charge on any atom is 0.371 e. The Morgan fingerprint density at radius 3 is 2.03 bits per heavy atom. The van der Waals surface area contributed by atoms with Gasteiger partial charge >= 0.3 is 5.97 Å². The zero-order chi connectivity index (χ0) is 22.5. The fourth-order valence-corrected chi connectivity index (χ4v) is 2.53. The van der Waals surface area contributed by atoms with Crippen LogP contribution in [0.25, 0.3) is 0 Å². The van der Waals surface area contributed by atoms with E-state index >= 15 is 0 Å². The highest BCUT2D eigenvalue weighted by Gasteiger charge is 2.53. The number of carboxylic acid groups (broad SMARTS) is 1. The third kappa shape index (κ3) is 6.09. The monoisotopic (exact) mass is 430 g/mol. The minimum absolute atomic E-state index is 0.466. The molecule has 29 heavy (non-hydrogen) atoms. The van der Waals surface area contributed by atoms with Gasteiger partial charge in [0.25, 0.3) is 0 Å². The SMILES string of the molecule is CC(=O)C(=O)O.OC[C@H]1O[C@H](O[C@H]2[C@H](O)[C@H](O)COC2(O)CO)[C@H](O)[C@@H](O)[C@@H]1O. The number of hydrogen-bond donors (Lipinski definition) is 9. The second-order valence-corrected chi connectivity index (χ2v) is 6.49. The van der Waals surface area contributed by atoms with Crippen molar-refractivity contribution >= 4 is 11.8 Å². The highest BCUT2D eigenvalue weighted by atomic mass is 16.7. The summed E-state index contributed by atoms with van der Waals surface area (Å²) in [6.07, 6.45) is -12.9. The summed E-state index contributed by atoms with van der Waals surface area (Å²) < 4.78 is 15.1. The second kappa shape index (κ2) is 10.6. The minimum atomic E-state index is -2.38. The molecule has 0 spiro atoms. The van der Waals surface area contributed by atoms with E-state index in [-0.39, 0.29) is 0 Å². The van der Waals surface area contributed by atoms with E-state index in [0.717, 1.165) is 6.92 Å². The number of ether oxygens (including phenoxy) is 3. The van der Waals surface area contributed by atoms with E-state index in [1.807, 2.05) is 0 Å². The number of carbonyl (C=O) groups excluding carboxylic acids is 1. The molecule has 0 bridgehead atoms. The predicted molar refractivity (Wildman–Crippen MR) is 87.0 cm³/mol. The van der Waals surface area contributed by atoms with Crippen molar-refractivity contribution in [2.75, 3.05) is 19.8 Å². The molecule has 0 saturated carbocycles. The summed E-state index contributed by atoms with van der Waals surface area (Å²) in [4.78, 5) is 18.9. The van der Waals surface area contributed by atoms with Crippen LogP contribution in [0.15, 0.2) is 0 Å². The lowest BCUT2D eigenvalue weighted by molar-refractivity contribution is -0.387. The lowest BCUT2D eigenvalue weighted by atomic mass is 9.96. The van der Waals surface area contributed by atoms with Crippen molar-refractivity contribution in [1.82, 2.24) is 0 Å². The van der Waals surface area contributed by atoms with Gasteiger partial charge in [-0.2, -0.15) is 0 Å². The van der Waals surface area contributed by atoms with Crippen LogP contribution in [0.4, 0.5) is 0 Å². The Balaban J connectivity index is 0.000000612. The van der Waals surface area contributed by atoms with Crippen LogP contribution in [0.3, 0.4) is 0 Å². The first kappa shape index (κ1) is 25.7. The Hall–Kier alpha value is -1.30. The fourth-order valence-electron chi connectivity index (χ4n) is 2.53. The largest absolute Gasteiger partial charge is 0.476 e. The average molecular weight is 430 g/mol. The molecule has 2 aliphatic heterocycles. The highest BCUT2D eigenvalue weighted by Crippen LogP contribution is 2.31. The van der Waals surface area contributed by atoms with E-state index in [1.165, 1.54) is 0 Å². The molecule has 2 rings (SSSR count). The standard InChI is InChI=1S/C12H22O11.C3H4O3/c13-1-5-7(17)8(18)9(19)11(22-5)23-10-6(16)4(15)2-21-12(10,20)3-14;1-2(4)3(5)6/h4-11,13-20H,1-3H2;1H3,(H,5,6)/t4-,5-,6-,7-,8+,9-,10+,11-,12?;/m1./s1. The van der Waals surface area contributed by atoms with Gasteiger partial charge in [0, 0.05) is 6.92 Å². The van der Waals surface area contributed by atoms with E-state index < -0.39 is 86.4 Å². The summed E-state index contributed by atoms with van der Waals surface area (Å²) in [5.41, 5.74) is 0. The summed E-state index contributed by atoms with van der Waals surface area (Å²) >= 11 is 0. The van der Waals surface area contributed by atoms with Crippen LogP contribution < -0.4 is 0 Å². The van der Waals surface area contributed by atoms with Crippen molar-refractivity contribution in [3.05, 3.63) is 0 Å². The zero-order valence-corrected chi connectivity index (χ0v) is 15.3. The Kier molecular flexibility index (Phi) is 9.45. The molecule has 9 atom stereocenters. The van der Waals surface area contributed by atoms with E-state index in [1.54, 1.807) is 0 Å². The normalized spacial score (nSPS) is 42.5. The number of Topliss-reactive ketones (excluding diaryl/α,β-unsaturated/α-hetero) is 1. The van der Waals surface area contributed by atoms with Crippen LogP contribution in [-0.4, -0.2) is 132 Å². The van der Waals surface area contributed by atoms with Gasteiger partial charge < -0.3 is 60.2 Å². The molecule has 2 aliphatic rings. The van der Waals surface area contributed by atoms with E-state index in [0.29, 0.717) is 0 Å². The molecular weight excluding hydrogens is 404 g/mol. The van der Waals surface area contributed by atoms with Crippen molar-refractivity contribution in [3.63, 3.8) is 0 Å². The topological polar surface area (TPSA) is 244 Å². The summed E-state index contributed by atoms with van der Waals surface area (Å²) in [5, 5.41) is 84.8. The molecular formula is C15H26O14. The van der Waals surface area contributed by atoms with E-state index in [4.69, 9.17) is 24.4 Å². The lowest BCUT2D eigenvalue weighted by Crippen LogP contribution is -2.67. The minimum Gasteiger partial charge on any atom is -0.476 e. The van der Waals surface area contributed by atoms with Crippen LogP contribution in [-0.2, 0) is 23.8 Å². The van der Waals surface area contributed by atoms with E-state index in [2.05, 4.69) is 0 Å². The third-order valence-corrected chi connectivity index (χ3v) is 4.31. The second-order valence-electron chi connectivity index (χ2n) is 6.49. The molecule has 0 radical (unpaired) electrons. The summed E-state index contributed by atoms with van der Waals surface area (Å²) in [6.45, 7) is -1.14. The molecule has 2 saturated heterocycles. The molecule has 14 heteroatoms. The molecule has 0 aliphatic carbocycles. The summed E-state index contributed by atoms with van der Waals surface area (Å²) in [6, 6.07) is 0. The lowest BCUT2D eigenvalue weighted by Gasteiger charge is -2.47. The fraction of sp³-hybridized carbons (Fsp3) is 0.867. The van der Waals surface area contributed by atoms with Crippen molar-refractivity contribution in [2.24, 2.45) is 0 Å². The van der Waals surface area contributed by atoms with Crippen LogP contribution in [0.5, 0.6) is 0 Å². The molecule has 9 N–H and O–H groups in total. The van der Waals surface area contributed by atoms with Crippen LogP contribution in [0.2, 0.25) is 0 Å². The average Bonchev–Trinajstić information content (AvgIpc) is 2.68. The first-order chi connectivity index (χ1) is 13.4. The van der Waals surface area contributed by atoms with Gasteiger partial charge in [-0.1, -0.05) is 0 Å². The highest BCUT2D eigenvalue weighted by molar-refractivity contribution is 6.31. The van der Waals surface area contributed by atoms with Gasteiger partial charge in [-0.15, -0.1) is 0 Å². The van der Waals surface area contributed by atoms with Crippen molar-refractivity contribution in [1.29, 1.82) is 0 Å². The van der Waals surface area contributed by atoms with Gasteiger partial charge in [0.05, 0.1) is 19.8 Å². The molecule has 2 heterocycles. The molecule has 170 valence electrons. The van der Waals surface area contributed by atoms with Crippen molar-refractivity contribution in [2.45, 2.75) is 61.7 Å². The third-order valence-electron chi connectivity index (χ3n) is 4.31. The molecule has 0 aromatic rings. The molecule has 1 unspecified atom stereocenters. The first-order valence-corrected chi connectivity index (χ1v) is 8.42. The van der Waals surface area contributed by atoms with Crippen molar-refractivity contribution in [3.8, 4) is 0 Å². The van der Waals surface area contributed by atoms with Crippen LogP contribution in [0, 0.1) is 0 Å². The molecule has 14 nitrogen and oxygen atoms in total. The van der Waals surface area contributed by atoms with Gasteiger partial charge in [-0.05, 0) is 0 Å². The van der Waals surface area contributed by atoms with Gasteiger partial charge in [-0.3, -0.25) is 4.79 Å². The smallest absolute Gasteiger partial charge is 0.371 e. The first-order valence-electron chi connectivity index (χ1n) is 8.42. The van der Waals surface area contributed by atoms with Gasteiger partial charge in [0.2, 0.25) is 11.6 Å². The number of hydrogen-bond acceptors (Lipinski definition) is 13. The summed E-state index contributed by atoms with van der Waals surface area (Å²) in [5.74, 6) is -4.58. The maximum atomic E-state index is 10.1. The zero-order valence-electron chi connectivity index (χ0n) is 15.3. The van der Waals surface area contributed by atoms with E-state index in [9.17, 15) is 45.3 Å². The number of aliphatic carboxylic acids is 1. The summed E-state index contributed by atoms with van der Waals surface area (Å²) in [7, 11) is 0. The molecule has 2 fully saturated rings. The number of carbonyl (C=O) groups is 2. The molecule has 0 aromatic heterocycles.